The van der Waals surface area contributed by atoms with Gasteiger partial charge in [0.05, 0.1) is 6.10 Å². The predicted octanol–water partition coefficient (Wildman–Crippen LogP) is 3.36. The molecule has 0 bridgehead atoms. The summed E-state index contributed by atoms with van der Waals surface area (Å²) in [5, 5.41) is 3.50. The van der Waals surface area contributed by atoms with E-state index in [1.54, 1.807) is 0 Å². The fraction of sp³-hybridized carbons (Fsp3) is 1.00. The molecule has 1 rings (SSSR count). The van der Waals surface area contributed by atoms with Crippen molar-refractivity contribution in [3.05, 3.63) is 0 Å². The third kappa shape index (κ3) is 5.86. The minimum atomic E-state index is 0.551. The van der Waals surface area contributed by atoms with Gasteiger partial charge in [0.2, 0.25) is 0 Å². The van der Waals surface area contributed by atoms with Crippen LogP contribution < -0.4 is 5.32 Å². The van der Waals surface area contributed by atoms with Crippen molar-refractivity contribution >= 4 is 0 Å². The first-order valence-electron chi connectivity index (χ1n) is 7.07. The van der Waals surface area contributed by atoms with Gasteiger partial charge in [0.1, 0.15) is 0 Å². The normalized spacial score (nSPS) is 27.9. The van der Waals surface area contributed by atoms with Crippen LogP contribution in [0, 0.1) is 5.92 Å². The Bertz CT molecular complexity index is 164. The molecule has 0 saturated heterocycles. The summed E-state index contributed by atoms with van der Waals surface area (Å²) in [5.41, 5.74) is 0. The van der Waals surface area contributed by atoms with Gasteiger partial charge in [-0.3, -0.25) is 0 Å². The summed E-state index contributed by atoms with van der Waals surface area (Å²) in [6.07, 6.45) is 8.17. The number of ether oxygens (including phenoxy) is 1. The van der Waals surface area contributed by atoms with E-state index in [2.05, 4.69) is 26.1 Å². The van der Waals surface area contributed by atoms with Crippen molar-refractivity contribution in [3.63, 3.8) is 0 Å². The highest BCUT2D eigenvalue weighted by Crippen LogP contribution is 2.25. The van der Waals surface area contributed by atoms with E-state index in [4.69, 9.17) is 4.74 Å². The summed E-state index contributed by atoms with van der Waals surface area (Å²) in [6, 6.07) is 0.600. The fourth-order valence-corrected chi connectivity index (χ4v) is 2.30. The Morgan fingerprint density at radius 1 is 1.25 bits per heavy atom. The topological polar surface area (TPSA) is 21.3 Å². The molecular weight excluding hydrogens is 198 g/mol. The lowest BCUT2D eigenvalue weighted by molar-refractivity contribution is 0.0160. The standard InChI is InChI=1S/C14H29NO/c1-4-10-15-13(3)9-11-16-14-7-5-12(2)6-8-14/h12-15H,4-11H2,1-3H3. The van der Waals surface area contributed by atoms with Gasteiger partial charge in [0.15, 0.2) is 0 Å². The molecule has 0 heterocycles. The molecule has 1 saturated carbocycles. The SMILES string of the molecule is CCCNC(C)CCOC1CCC(C)CC1. The Hall–Kier alpha value is -0.0800. The lowest BCUT2D eigenvalue weighted by Gasteiger charge is -2.26. The van der Waals surface area contributed by atoms with Gasteiger partial charge in [0, 0.05) is 12.6 Å². The summed E-state index contributed by atoms with van der Waals surface area (Å²) in [6.45, 7) is 8.87. The molecule has 2 heteroatoms. The van der Waals surface area contributed by atoms with E-state index >= 15 is 0 Å². The number of hydrogen-bond acceptors (Lipinski definition) is 2. The van der Waals surface area contributed by atoms with E-state index in [-0.39, 0.29) is 0 Å². The van der Waals surface area contributed by atoms with Crippen LogP contribution in [0.2, 0.25) is 0 Å². The van der Waals surface area contributed by atoms with Gasteiger partial charge in [-0.25, -0.2) is 0 Å². The maximum absolute atomic E-state index is 5.94. The molecule has 0 radical (unpaired) electrons. The third-order valence-electron chi connectivity index (χ3n) is 3.61. The van der Waals surface area contributed by atoms with Gasteiger partial charge in [-0.1, -0.05) is 13.8 Å². The average Bonchev–Trinajstić information content (AvgIpc) is 2.29. The first-order valence-corrected chi connectivity index (χ1v) is 7.07. The molecule has 16 heavy (non-hydrogen) atoms. The summed E-state index contributed by atoms with van der Waals surface area (Å²) in [4.78, 5) is 0. The van der Waals surface area contributed by atoms with E-state index < -0.39 is 0 Å². The largest absolute Gasteiger partial charge is 0.378 e. The van der Waals surface area contributed by atoms with Gasteiger partial charge in [-0.15, -0.1) is 0 Å². The quantitative estimate of drug-likeness (QED) is 0.720. The molecule has 1 unspecified atom stereocenters. The van der Waals surface area contributed by atoms with Crippen molar-refractivity contribution in [2.45, 2.75) is 71.4 Å². The lowest BCUT2D eigenvalue weighted by atomic mass is 9.89. The third-order valence-corrected chi connectivity index (χ3v) is 3.61. The van der Waals surface area contributed by atoms with Crippen molar-refractivity contribution in [3.8, 4) is 0 Å². The molecule has 0 aromatic rings. The number of nitrogens with one attached hydrogen (secondary N) is 1. The molecule has 0 aliphatic heterocycles. The van der Waals surface area contributed by atoms with Gasteiger partial charge in [-0.2, -0.15) is 0 Å². The molecule has 0 aromatic heterocycles. The average molecular weight is 227 g/mol. The predicted molar refractivity (Wildman–Crippen MR) is 69.7 cm³/mol. The van der Waals surface area contributed by atoms with E-state index in [9.17, 15) is 0 Å². The highest BCUT2D eigenvalue weighted by Gasteiger charge is 2.18. The van der Waals surface area contributed by atoms with Crippen LogP contribution in [-0.4, -0.2) is 25.3 Å². The Balaban J connectivity index is 1.98. The van der Waals surface area contributed by atoms with E-state index in [1.165, 1.54) is 32.1 Å². The highest BCUT2D eigenvalue weighted by atomic mass is 16.5. The van der Waals surface area contributed by atoms with E-state index in [0.29, 0.717) is 12.1 Å². The second-order valence-electron chi connectivity index (χ2n) is 5.40. The molecule has 0 amide bonds. The van der Waals surface area contributed by atoms with Crippen LogP contribution in [0.5, 0.6) is 0 Å². The van der Waals surface area contributed by atoms with Crippen LogP contribution in [-0.2, 0) is 4.74 Å². The zero-order valence-electron chi connectivity index (χ0n) is 11.3. The van der Waals surface area contributed by atoms with Crippen LogP contribution in [0.4, 0.5) is 0 Å². The number of hydrogen-bond donors (Lipinski definition) is 1. The molecule has 1 aliphatic rings. The van der Waals surface area contributed by atoms with Gasteiger partial charge >= 0.3 is 0 Å². The second kappa shape index (κ2) is 8.08. The molecule has 1 fully saturated rings. The molecule has 96 valence electrons. The van der Waals surface area contributed by atoms with Crippen molar-refractivity contribution in [2.24, 2.45) is 5.92 Å². The molecule has 1 N–H and O–H groups in total. The van der Waals surface area contributed by atoms with Crippen LogP contribution in [0.15, 0.2) is 0 Å². The monoisotopic (exact) mass is 227 g/mol. The highest BCUT2D eigenvalue weighted by molar-refractivity contribution is 4.70. The maximum atomic E-state index is 5.94. The first kappa shape index (κ1) is 14.0. The zero-order valence-corrected chi connectivity index (χ0v) is 11.3. The molecule has 1 aliphatic carbocycles. The fourth-order valence-electron chi connectivity index (χ4n) is 2.30. The van der Waals surface area contributed by atoms with E-state index in [1.807, 2.05) is 0 Å². The Morgan fingerprint density at radius 3 is 2.56 bits per heavy atom. The molecule has 1 atom stereocenters. The van der Waals surface area contributed by atoms with Gasteiger partial charge in [0.25, 0.3) is 0 Å². The lowest BCUT2D eigenvalue weighted by Crippen LogP contribution is -2.29. The van der Waals surface area contributed by atoms with Crippen LogP contribution in [0.3, 0.4) is 0 Å². The van der Waals surface area contributed by atoms with Gasteiger partial charge in [-0.05, 0) is 57.9 Å². The van der Waals surface area contributed by atoms with Crippen LogP contribution >= 0.6 is 0 Å². The minimum absolute atomic E-state index is 0.551. The Labute approximate surface area is 101 Å². The smallest absolute Gasteiger partial charge is 0.0575 e. The van der Waals surface area contributed by atoms with Crippen LogP contribution in [0.1, 0.15) is 59.3 Å². The minimum Gasteiger partial charge on any atom is -0.378 e. The molecule has 2 nitrogen and oxygen atoms in total. The summed E-state index contributed by atoms with van der Waals surface area (Å²) in [7, 11) is 0. The number of rotatable bonds is 7. The Morgan fingerprint density at radius 2 is 1.94 bits per heavy atom. The van der Waals surface area contributed by atoms with Crippen molar-refractivity contribution in [1.29, 1.82) is 0 Å². The maximum Gasteiger partial charge on any atom is 0.0575 e. The van der Waals surface area contributed by atoms with Crippen molar-refractivity contribution in [1.82, 2.24) is 5.32 Å². The summed E-state index contributed by atoms with van der Waals surface area (Å²) >= 11 is 0. The second-order valence-corrected chi connectivity index (χ2v) is 5.40. The molecular formula is C14H29NO. The van der Waals surface area contributed by atoms with Crippen LogP contribution in [0.25, 0.3) is 0 Å². The van der Waals surface area contributed by atoms with Crippen molar-refractivity contribution < 1.29 is 4.74 Å². The first-order chi connectivity index (χ1) is 7.72. The van der Waals surface area contributed by atoms with E-state index in [0.717, 1.165) is 25.5 Å². The molecule has 0 aromatic carbocycles. The van der Waals surface area contributed by atoms with Gasteiger partial charge < -0.3 is 10.1 Å². The zero-order chi connectivity index (χ0) is 11.8. The van der Waals surface area contributed by atoms with Crippen molar-refractivity contribution in [2.75, 3.05) is 13.2 Å². The molecule has 0 spiro atoms. The Kier molecular flexibility index (Phi) is 7.06. The summed E-state index contributed by atoms with van der Waals surface area (Å²) in [5.74, 6) is 0.921. The summed E-state index contributed by atoms with van der Waals surface area (Å²) < 4.78 is 5.94.